The molecule has 1 aromatic carbocycles. The lowest BCUT2D eigenvalue weighted by atomic mass is 9.81. The van der Waals surface area contributed by atoms with Crippen molar-refractivity contribution in [3.8, 4) is 0 Å². The lowest BCUT2D eigenvalue weighted by Gasteiger charge is -2.16. The fraction of sp³-hybridized carbons (Fsp3) is 0.500. The van der Waals surface area contributed by atoms with Crippen molar-refractivity contribution in [2.75, 3.05) is 6.54 Å². The Kier molecular flexibility index (Phi) is 4.31. The van der Waals surface area contributed by atoms with Crippen molar-refractivity contribution in [2.24, 2.45) is 5.92 Å². The number of allylic oxidation sites excluding steroid dienone is 4. The van der Waals surface area contributed by atoms with Gasteiger partial charge in [0.05, 0.1) is 5.41 Å². The van der Waals surface area contributed by atoms with Crippen LogP contribution in [-0.4, -0.2) is 16.8 Å². The van der Waals surface area contributed by atoms with Crippen LogP contribution in [0.15, 0.2) is 47.6 Å². The highest BCUT2D eigenvalue weighted by molar-refractivity contribution is 6.03. The molecular formula is C22H30N+. The van der Waals surface area contributed by atoms with Gasteiger partial charge in [0.1, 0.15) is 6.54 Å². The van der Waals surface area contributed by atoms with E-state index < -0.39 is 0 Å². The van der Waals surface area contributed by atoms with Crippen LogP contribution >= 0.6 is 0 Å². The molecule has 0 amide bonds. The molecule has 1 aliphatic carbocycles. The Bertz CT molecular complexity index is 698. The summed E-state index contributed by atoms with van der Waals surface area (Å²) in [5.41, 5.74) is 7.44. The third-order valence-corrected chi connectivity index (χ3v) is 5.29. The zero-order chi connectivity index (χ0) is 16.6. The minimum absolute atomic E-state index is 0.0882. The van der Waals surface area contributed by atoms with E-state index in [1.54, 1.807) is 0 Å². The molecule has 23 heavy (non-hydrogen) atoms. The standard InChI is InChI=1S/C22H30N/c1-16(2)12-13-23-20-9-7-6-8-19(20)22(4,5)21(23)15-18-11-10-17(3)14-18/h6-9,14-16H,10-13H2,1-5H3/q+1/b18-15+. The Hall–Kier alpha value is -1.63. The Morgan fingerprint density at radius 1 is 1.17 bits per heavy atom. The summed E-state index contributed by atoms with van der Waals surface area (Å²) in [6.45, 7) is 12.7. The number of hydrogen-bond donors (Lipinski definition) is 0. The molecular weight excluding hydrogens is 278 g/mol. The van der Waals surface area contributed by atoms with Gasteiger partial charge in [-0.1, -0.05) is 43.7 Å². The maximum Gasteiger partial charge on any atom is 0.209 e. The summed E-state index contributed by atoms with van der Waals surface area (Å²) in [4.78, 5) is 0. The van der Waals surface area contributed by atoms with Gasteiger partial charge in [0, 0.05) is 24.1 Å². The van der Waals surface area contributed by atoms with E-state index >= 15 is 0 Å². The average Bonchev–Trinajstić information content (AvgIpc) is 2.99. The lowest BCUT2D eigenvalue weighted by Crippen LogP contribution is -2.28. The maximum absolute atomic E-state index is 2.57. The van der Waals surface area contributed by atoms with Crippen molar-refractivity contribution in [1.29, 1.82) is 0 Å². The highest BCUT2D eigenvalue weighted by Crippen LogP contribution is 2.40. The van der Waals surface area contributed by atoms with Gasteiger partial charge in [-0.25, -0.2) is 0 Å². The maximum atomic E-state index is 2.57. The SMILES string of the molecule is CC1=C/C(=C/C2=[N+](CCC(C)C)c3ccccc3C2(C)C)CC1. The van der Waals surface area contributed by atoms with Crippen LogP contribution < -0.4 is 0 Å². The summed E-state index contributed by atoms with van der Waals surface area (Å²) in [6.07, 6.45) is 8.49. The van der Waals surface area contributed by atoms with E-state index in [4.69, 9.17) is 0 Å². The van der Waals surface area contributed by atoms with Crippen LogP contribution in [0, 0.1) is 5.92 Å². The van der Waals surface area contributed by atoms with E-state index in [0.717, 1.165) is 12.5 Å². The van der Waals surface area contributed by atoms with Crippen LogP contribution in [0.5, 0.6) is 0 Å². The molecule has 0 saturated heterocycles. The molecule has 3 rings (SSSR count). The van der Waals surface area contributed by atoms with Crippen LogP contribution in [0.3, 0.4) is 0 Å². The second-order valence-corrected chi connectivity index (χ2v) is 8.07. The predicted octanol–water partition coefficient (Wildman–Crippen LogP) is 5.78. The van der Waals surface area contributed by atoms with Crippen molar-refractivity contribution >= 4 is 11.4 Å². The second-order valence-electron chi connectivity index (χ2n) is 8.07. The smallest absolute Gasteiger partial charge is 0.195 e. The molecule has 1 nitrogen and oxygen atoms in total. The second kappa shape index (κ2) is 6.11. The summed E-state index contributed by atoms with van der Waals surface area (Å²) in [6, 6.07) is 8.95. The van der Waals surface area contributed by atoms with Gasteiger partial charge in [-0.2, -0.15) is 4.58 Å². The third-order valence-electron chi connectivity index (χ3n) is 5.29. The van der Waals surface area contributed by atoms with E-state index in [2.05, 4.69) is 75.6 Å². The van der Waals surface area contributed by atoms with Crippen LogP contribution in [0.1, 0.15) is 59.4 Å². The topological polar surface area (TPSA) is 3.01 Å². The van der Waals surface area contributed by atoms with Crippen LogP contribution in [0.4, 0.5) is 5.69 Å². The molecule has 0 aromatic heterocycles. The fourth-order valence-corrected chi connectivity index (χ4v) is 3.82. The quantitative estimate of drug-likeness (QED) is 0.621. The Morgan fingerprint density at radius 2 is 1.91 bits per heavy atom. The highest BCUT2D eigenvalue weighted by atomic mass is 15.1. The minimum Gasteiger partial charge on any atom is -0.195 e. The summed E-state index contributed by atoms with van der Waals surface area (Å²) >= 11 is 0. The molecule has 0 atom stereocenters. The van der Waals surface area contributed by atoms with Gasteiger partial charge >= 0.3 is 0 Å². The number of nitrogens with zero attached hydrogens (tertiary/aromatic N) is 1. The first-order valence-electron chi connectivity index (χ1n) is 9.02. The number of rotatable bonds is 4. The number of para-hydroxylation sites is 1. The molecule has 0 fully saturated rings. The van der Waals surface area contributed by atoms with Gasteiger partial charge in [-0.3, -0.25) is 0 Å². The first-order chi connectivity index (χ1) is 10.9. The number of hydrogen-bond acceptors (Lipinski definition) is 0. The summed E-state index contributed by atoms with van der Waals surface area (Å²) in [5, 5.41) is 0. The summed E-state index contributed by atoms with van der Waals surface area (Å²) in [5.74, 6) is 0.730. The zero-order valence-corrected chi connectivity index (χ0v) is 15.3. The molecule has 1 aliphatic heterocycles. The van der Waals surface area contributed by atoms with Crippen molar-refractivity contribution in [2.45, 2.75) is 59.3 Å². The van der Waals surface area contributed by atoms with E-state index in [-0.39, 0.29) is 5.41 Å². The highest BCUT2D eigenvalue weighted by Gasteiger charge is 2.44. The van der Waals surface area contributed by atoms with Gasteiger partial charge in [-0.15, -0.1) is 0 Å². The summed E-state index contributed by atoms with van der Waals surface area (Å²) in [7, 11) is 0. The van der Waals surface area contributed by atoms with Gasteiger partial charge < -0.3 is 0 Å². The molecule has 0 radical (unpaired) electrons. The van der Waals surface area contributed by atoms with Gasteiger partial charge in [-0.05, 0) is 45.1 Å². The van der Waals surface area contributed by atoms with Crippen molar-refractivity contribution in [3.05, 3.63) is 53.1 Å². The van der Waals surface area contributed by atoms with Crippen LogP contribution in [-0.2, 0) is 5.41 Å². The zero-order valence-electron chi connectivity index (χ0n) is 15.3. The van der Waals surface area contributed by atoms with Crippen molar-refractivity contribution < 1.29 is 4.58 Å². The predicted molar refractivity (Wildman–Crippen MR) is 99.8 cm³/mol. The van der Waals surface area contributed by atoms with Gasteiger partial charge in [0.25, 0.3) is 0 Å². The molecule has 122 valence electrons. The molecule has 0 bridgehead atoms. The molecule has 0 unspecified atom stereocenters. The molecule has 1 heteroatoms. The van der Waals surface area contributed by atoms with Crippen LogP contribution in [0.2, 0.25) is 0 Å². The Labute approximate surface area is 141 Å². The third kappa shape index (κ3) is 3.06. The van der Waals surface area contributed by atoms with E-state index in [0.29, 0.717) is 0 Å². The van der Waals surface area contributed by atoms with E-state index in [1.165, 1.54) is 47.4 Å². The van der Waals surface area contributed by atoms with Crippen molar-refractivity contribution in [3.63, 3.8) is 0 Å². The fourth-order valence-electron chi connectivity index (χ4n) is 3.82. The van der Waals surface area contributed by atoms with E-state index in [9.17, 15) is 0 Å². The van der Waals surface area contributed by atoms with E-state index in [1.807, 2.05) is 0 Å². The lowest BCUT2D eigenvalue weighted by molar-refractivity contribution is -0.439. The molecule has 0 saturated carbocycles. The number of benzene rings is 1. The molecule has 0 spiro atoms. The van der Waals surface area contributed by atoms with Gasteiger partial charge in [0.15, 0.2) is 5.71 Å². The van der Waals surface area contributed by atoms with Crippen LogP contribution in [0.25, 0.3) is 0 Å². The summed E-state index contributed by atoms with van der Waals surface area (Å²) < 4.78 is 2.57. The normalized spacial score (nSPS) is 21.3. The number of fused-ring (bicyclic) bond motifs is 1. The Balaban J connectivity index is 2.08. The first-order valence-corrected chi connectivity index (χ1v) is 9.02. The monoisotopic (exact) mass is 308 g/mol. The Morgan fingerprint density at radius 3 is 2.57 bits per heavy atom. The largest absolute Gasteiger partial charge is 0.209 e. The van der Waals surface area contributed by atoms with Gasteiger partial charge in [0.2, 0.25) is 5.69 Å². The first kappa shape index (κ1) is 16.2. The molecule has 1 aromatic rings. The van der Waals surface area contributed by atoms with Crippen molar-refractivity contribution in [1.82, 2.24) is 0 Å². The molecule has 0 N–H and O–H groups in total. The molecule has 2 aliphatic rings. The molecule has 1 heterocycles. The average molecular weight is 308 g/mol. The minimum atomic E-state index is 0.0882.